The molecule has 0 aliphatic heterocycles. The Morgan fingerprint density at radius 2 is 1.83 bits per heavy atom. The molecule has 1 aromatic rings. The van der Waals surface area contributed by atoms with Gasteiger partial charge in [0.25, 0.3) is 0 Å². The van der Waals surface area contributed by atoms with Crippen LogP contribution < -0.4 is 9.47 Å². The van der Waals surface area contributed by atoms with Crippen molar-refractivity contribution in [3.8, 4) is 23.3 Å². The molecule has 1 aromatic carbocycles. The smallest absolute Gasteiger partial charge is 0.341 e. The molecule has 1 rings (SSSR count). The molecule has 18 heavy (non-hydrogen) atoms. The van der Waals surface area contributed by atoms with Gasteiger partial charge in [0, 0.05) is 6.42 Å². The van der Waals surface area contributed by atoms with Gasteiger partial charge < -0.3 is 14.2 Å². The van der Waals surface area contributed by atoms with Crippen molar-refractivity contribution in [1.29, 1.82) is 0 Å². The molecule has 4 heteroatoms. The number of hydrogen-bond acceptors (Lipinski definition) is 4. The normalized spacial score (nSPS) is 9.11. The molecule has 0 amide bonds. The maximum Gasteiger partial charge on any atom is 0.341 e. The summed E-state index contributed by atoms with van der Waals surface area (Å²) in [5.41, 5.74) is 1.00. The Balaban J connectivity index is 3.40. The van der Waals surface area contributed by atoms with Gasteiger partial charge >= 0.3 is 5.97 Å². The second-order valence-electron chi connectivity index (χ2n) is 3.37. The van der Waals surface area contributed by atoms with Gasteiger partial charge in [0.15, 0.2) is 11.5 Å². The average Bonchev–Trinajstić information content (AvgIpc) is 2.42. The summed E-state index contributed by atoms with van der Waals surface area (Å²) in [5.74, 6) is 6.23. The highest BCUT2D eigenvalue weighted by atomic mass is 16.5. The molecule has 0 radical (unpaired) electrons. The predicted molar refractivity (Wildman–Crippen MR) is 68.1 cm³/mol. The van der Waals surface area contributed by atoms with Crippen molar-refractivity contribution < 1.29 is 19.0 Å². The molecule has 0 aromatic heterocycles. The van der Waals surface area contributed by atoms with Crippen LogP contribution in [0.4, 0.5) is 0 Å². The fraction of sp³-hybridized carbons (Fsp3) is 0.357. The van der Waals surface area contributed by atoms with Crippen LogP contribution in [0.2, 0.25) is 0 Å². The van der Waals surface area contributed by atoms with Gasteiger partial charge in [-0.3, -0.25) is 0 Å². The summed E-state index contributed by atoms with van der Waals surface area (Å²) in [4.78, 5) is 11.6. The topological polar surface area (TPSA) is 44.8 Å². The van der Waals surface area contributed by atoms with Crippen LogP contribution in [0.1, 0.15) is 29.3 Å². The van der Waals surface area contributed by atoms with Gasteiger partial charge in [-0.25, -0.2) is 4.79 Å². The molecule has 4 nitrogen and oxygen atoms in total. The molecule has 0 N–H and O–H groups in total. The molecule has 0 fully saturated rings. The standard InChI is InChI=1S/C14H16O4/c1-5-6-7-10-8-9-11(14(15)18-4)13(17-3)12(10)16-2/h8-9H,5H2,1-4H3. The van der Waals surface area contributed by atoms with E-state index in [1.807, 2.05) is 6.92 Å². The van der Waals surface area contributed by atoms with Crippen LogP contribution in [0.5, 0.6) is 11.5 Å². The summed E-state index contributed by atoms with van der Waals surface area (Å²) >= 11 is 0. The number of rotatable bonds is 3. The Morgan fingerprint density at radius 3 is 2.33 bits per heavy atom. The molecule has 0 aliphatic carbocycles. The minimum Gasteiger partial charge on any atom is -0.492 e. The van der Waals surface area contributed by atoms with E-state index in [0.29, 0.717) is 22.6 Å². The molecule has 0 bridgehead atoms. The SMILES string of the molecule is CCC#Cc1ccc(C(=O)OC)c(OC)c1OC. The first-order chi connectivity index (χ1) is 8.69. The third kappa shape index (κ3) is 2.75. The lowest BCUT2D eigenvalue weighted by Crippen LogP contribution is -2.06. The van der Waals surface area contributed by atoms with Crippen LogP contribution >= 0.6 is 0 Å². The molecule has 0 saturated carbocycles. The highest BCUT2D eigenvalue weighted by Gasteiger charge is 2.19. The van der Waals surface area contributed by atoms with Crippen molar-refractivity contribution in [3.63, 3.8) is 0 Å². The van der Waals surface area contributed by atoms with Crippen molar-refractivity contribution in [2.75, 3.05) is 21.3 Å². The van der Waals surface area contributed by atoms with Gasteiger partial charge in [0.05, 0.1) is 26.9 Å². The molecular weight excluding hydrogens is 232 g/mol. The van der Waals surface area contributed by atoms with Gasteiger partial charge in [0.1, 0.15) is 5.56 Å². The zero-order chi connectivity index (χ0) is 13.5. The highest BCUT2D eigenvalue weighted by molar-refractivity contribution is 5.94. The van der Waals surface area contributed by atoms with Crippen LogP contribution in [0.3, 0.4) is 0 Å². The van der Waals surface area contributed by atoms with E-state index in [1.165, 1.54) is 21.3 Å². The summed E-state index contributed by atoms with van der Waals surface area (Å²) in [5, 5.41) is 0. The summed E-state index contributed by atoms with van der Waals surface area (Å²) in [6.07, 6.45) is 0.740. The summed E-state index contributed by atoms with van der Waals surface area (Å²) in [6, 6.07) is 3.34. The number of benzene rings is 1. The van der Waals surface area contributed by atoms with Crippen molar-refractivity contribution in [2.45, 2.75) is 13.3 Å². The van der Waals surface area contributed by atoms with E-state index in [0.717, 1.165) is 6.42 Å². The largest absolute Gasteiger partial charge is 0.492 e. The first-order valence-electron chi connectivity index (χ1n) is 5.51. The third-order valence-electron chi connectivity index (χ3n) is 2.33. The highest BCUT2D eigenvalue weighted by Crippen LogP contribution is 2.34. The molecule has 0 heterocycles. The van der Waals surface area contributed by atoms with Crippen LogP contribution in [0.25, 0.3) is 0 Å². The molecule has 0 atom stereocenters. The zero-order valence-corrected chi connectivity index (χ0v) is 11.0. The molecule has 0 unspecified atom stereocenters. The summed E-state index contributed by atoms with van der Waals surface area (Å²) in [7, 11) is 4.30. The van der Waals surface area contributed by atoms with Gasteiger partial charge in [-0.1, -0.05) is 18.8 Å². The van der Waals surface area contributed by atoms with E-state index in [1.54, 1.807) is 12.1 Å². The number of carbonyl (C=O) groups excluding carboxylic acids is 1. The molecule has 0 aliphatic rings. The lowest BCUT2D eigenvalue weighted by Gasteiger charge is -2.12. The Kier molecular flexibility index (Phi) is 5.06. The Bertz CT molecular complexity index is 494. The number of esters is 1. The monoisotopic (exact) mass is 248 g/mol. The number of hydrogen-bond donors (Lipinski definition) is 0. The summed E-state index contributed by atoms with van der Waals surface area (Å²) in [6.45, 7) is 1.96. The zero-order valence-electron chi connectivity index (χ0n) is 11.0. The fourth-order valence-electron chi connectivity index (χ4n) is 1.52. The second-order valence-corrected chi connectivity index (χ2v) is 3.37. The van der Waals surface area contributed by atoms with Gasteiger partial charge in [-0.05, 0) is 12.1 Å². The van der Waals surface area contributed by atoms with Crippen molar-refractivity contribution in [1.82, 2.24) is 0 Å². The molecule has 0 saturated heterocycles. The minimum absolute atomic E-state index is 0.318. The fourth-order valence-corrected chi connectivity index (χ4v) is 1.52. The van der Waals surface area contributed by atoms with Crippen molar-refractivity contribution in [2.24, 2.45) is 0 Å². The van der Waals surface area contributed by atoms with Crippen LogP contribution in [-0.4, -0.2) is 27.3 Å². The van der Waals surface area contributed by atoms with E-state index in [2.05, 4.69) is 16.6 Å². The van der Waals surface area contributed by atoms with Gasteiger partial charge in [-0.2, -0.15) is 0 Å². The van der Waals surface area contributed by atoms with Crippen molar-refractivity contribution in [3.05, 3.63) is 23.3 Å². The first kappa shape index (κ1) is 13.9. The number of methoxy groups -OCH3 is 3. The first-order valence-corrected chi connectivity index (χ1v) is 5.51. The van der Waals surface area contributed by atoms with Crippen LogP contribution in [-0.2, 0) is 4.74 Å². The molecule has 96 valence electrons. The van der Waals surface area contributed by atoms with E-state index in [4.69, 9.17) is 9.47 Å². The number of ether oxygens (including phenoxy) is 3. The quantitative estimate of drug-likeness (QED) is 0.608. The minimum atomic E-state index is -0.472. The maximum atomic E-state index is 11.6. The third-order valence-corrected chi connectivity index (χ3v) is 2.33. The Morgan fingerprint density at radius 1 is 1.17 bits per heavy atom. The maximum absolute atomic E-state index is 11.6. The predicted octanol–water partition coefficient (Wildman–Crippen LogP) is 2.25. The molecular formula is C14H16O4. The number of carbonyl (C=O) groups is 1. The average molecular weight is 248 g/mol. The van der Waals surface area contributed by atoms with E-state index >= 15 is 0 Å². The van der Waals surface area contributed by atoms with E-state index < -0.39 is 5.97 Å². The van der Waals surface area contributed by atoms with E-state index in [-0.39, 0.29) is 0 Å². The van der Waals surface area contributed by atoms with Crippen LogP contribution in [0.15, 0.2) is 12.1 Å². The Labute approximate surface area is 107 Å². The molecule has 0 spiro atoms. The lowest BCUT2D eigenvalue weighted by atomic mass is 10.1. The second kappa shape index (κ2) is 6.55. The summed E-state index contributed by atoms with van der Waals surface area (Å²) < 4.78 is 15.2. The van der Waals surface area contributed by atoms with Crippen LogP contribution in [0, 0.1) is 11.8 Å². The van der Waals surface area contributed by atoms with Gasteiger partial charge in [0.2, 0.25) is 0 Å². The van der Waals surface area contributed by atoms with E-state index in [9.17, 15) is 4.79 Å². The lowest BCUT2D eigenvalue weighted by molar-refractivity contribution is 0.0596. The Hall–Kier alpha value is -2.15. The van der Waals surface area contributed by atoms with Gasteiger partial charge in [-0.15, -0.1) is 0 Å². The van der Waals surface area contributed by atoms with Crippen molar-refractivity contribution >= 4 is 5.97 Å².